The van der Waals surface area contributed by atoms with Crippen LogP contribution in [0.25, 0.3) is 139 Å². The molecule has 16 aromatic rings. The van der Waals surface area contributed by atoms with Gasteiger partial charge in [0.15, 0.2) is 0 Å². The zero-order chi connectivity index (χ0) is 47.3. The largest absolute Gasteiger partial charge is 0.308 e. The Labute approximate surface area is 426 Å². The van der Waals surface area contributed by atoms with Gasteiger partial charge in [0, 0.05) is 52.5 Å². The summed E-state index contributed by atoms with van der Waals surface area (Å²) in [5.74, 6) is 0. The van der Waals surface area contributed by atoms with E-state index in [1.807, 2.05) is 22.7 Å². The molecule has 0 saturated heterocycles. The maximum atomic E-state index is 2.62. The number of fused-ring (bicyclic) bond motifs is 26. The van der Waals surface area contributed by atoms with E-state index in [0.717, 1.165) is 0 Å². The maximum Gasteiger partial charge on any atom is 0.0727 e. The minimum absolute atomic E-state index is 0.597. The zero-order valence-corrected chi connectivity index (χ0v) is 40.8. The molecular weight excluding hydrogens is 921 g/mol. The Bertz CT molecular complexity index is 4850. The van der Waals surface area contributed by atoms with E-state index in [1.165, 1.54) is 161 Å². The summed E-state index contributed by atoms with van der Waals surface area (Å²) in [5.41, 5.74) is 17.3. The van der Waals surface area contributed by atoms with Gasteiger partial charge in [0.25, 0.3) is 0 Å². The molecule has 2 nitrogen and oxygen atoms in total. The lowest BCUT2D eigenvalue weighted by Crippen LogP contribution is -2.26. The first-order valence-corrected chi connectivity index (χ1v) is 26.9. The summed E-state index contributed by atoms with van der Waals surface area (Å²) in [4.78, 5) is 0. The van der Waals surface area contributed by atoms with E-state index in [9.17, 15) is 0 Å². The third kappa shape index (κ3) is 4.75. The third-order valence-corrected chi connectivity index (χ3v) is 19.3. The average molecular weight is 959 g/mol. The molecule has 73 heavy (non-hydrogen) atoms. The lowest BCUT2D eigenvalue weighted by molar-refractivity contribution is 0.795. The Morgan fingerprint density at radius 2 is 0.685 bits per heavy atom. The van der Waals surface area contributed by atoms with E-state index in [1.54, 1.807) is 0 Å². The van der Waals surface area contributed by atoms with Crippen LogP contribution in [0.4, 0.5) is 0 Å². The molecule has 0 bridgehead atoms. The molecule has 18 rings (SSSR count). The Morgan fingerprint density at radius 1 is 0.274 bits per heavy atom. The highest BCUT2D eigenvalue weighted by Crippen LogP contribution is 2.65. The second kappa shape index (κ2) is 13.8. The predicted molar refractivity (Wildman–Crippen MR) is 312 cm³/mol. The second-order valence-electron chi connectivity index (χ2n) is 20.2. The number of aromatic nitrogens is 2. The molecular formula is C69H38N2S2. The fourth-order valence-corrected chi connectivity index (χ4v) is 16.4. The normalized spacial score (nSPS) is 13.6. The van der Waals surface area contributed by atoms with Crippen molar-refractivity contribution in [2.45, 2.75) is 5.41 Å². The molecule has 4 aromatic heterocycles. The van der Waals surface area contributed by atoms with Gasteiger partial charge < -0.3 is 9.13 Å². The second-order valence-corrected chi connectivity index (χ2v) is 22.3. The van der Waals surface area contributed by atoms with Gasteiger partial charge in [-0.05, 0) is 127 Å². The van der Waals surface area contributed by atoms with Gasteiger partial charge in [0.2, 0.25) is 0 Å². The molecule has 0 amide bonds. The topological polar surface area (TPSA) is 9.86 Å². The average Bonchev–Trinajstić information content (AvgIpc) is 4.30. The van der Waals surface area contributed by atoms with Crippen molar-refractivity contribution < 1.29 is 0 Å². The first kappa shape index (κ1) is 38.9. The van der Waals surface area contributed by atoms with Crippen molar-refractivity contribution in [1.82, 2.24) is 9.13 Å². The smallest absolute Gasteiger partial charge is 0.0727 e. The molecule has 4 heteroatoms. The van der Waals surface area contributed by atoms with E-state index in [4.69, 9.17) is 0 Å². The summed E-state index contributed by atoms with van der Waals surface area (Å²) >= 11 is 3.81. The summed E-state index contributed by atoms with van der Waals surface area (Å²) < 4.78 is 10.4. The van der Waals surface area contributed by atoms with Gasteiger partial charge >= 0.3 is 0 Å². The monoisotopic (exact) mass is 958 g/mol. The van der Waals surface area contributed by atoms with E-state index >= 15 is 0 Å². The van der Waals surface area contributed by atoms with Gasteiger partial charge in [0.1, 0.15) is 0 Å². The molecule has 0 aliphatic heterocycles. The molecule has 2 aliphatic rings. The fourth-order valence-electron chi connectivity index (χ4n) is 14.0. The number of thiophene rings is 2. The van der Waals surface area contributed by atoms with Crippen LogP contribution in [0.15, 0.2) is 231 Å². The van der Waals surface area contributed by atoms with Crippen LogP contribution in [0, 0.1) is 0 Å². The minimum atomic E-state index is -0.597. The Balaban J connectivity index is 1.04. The lowest BCUT2D eigenvalue weighted by atomic mass is 9.70. The van der Waals surface area contributed by atoms with Crippen LogP contribution in [-0.2, 0) is 5.41 Å². The van der Waals surface area contributed by atoms with Crippen LogP contribution >= 0.6 is 22.7 Å². The molecule has 1 spiro atoms. The predicted octanol–water partition coefficient (Wildman–Crippen LogP) is 19.3. The molecule has 336 valence electrons. The lowest BCUT2D eigenvalue weighted by Gasteiger charge is -2.30. The zero-order valence-electron chi connectivity index (χ0n) is 39.2. The van der Waals surface area contributed by atoms with Crippen LogP contribution in [0.2, 0.25) is 0 Å². The highest BCUT2D eigenvalue weighted by Gasteiger charge is 2.52. The minimum Gasteiger partial charge on any atom is -0.308 e. The summed E-state index contributed by atoms with van der Waals surface area (Å²) in [6.07, 6.45) is 0. The molecule has 0 fully saturated rings. The van der Waals surface area contributed by atoms with Gasteiger partial charge in [-0.25, -0.2) is 0 Å². The van der Waals surface area contributed by atoms with Gasteiger partial charge in [-0.1, -0.05) is 170 Å². The number of hydrogen-bond donors (Lipinski definition) is 0. The molecule has 0 N–H and O–H groups in total. The Kier molecular flexibility index (Phi) is 7.34. The molecule has 0 atom stereocenters. The standard InChI is InChI=1S/C69H38N2S2/c1-3-17-41-39(15-1)31-33-57-65(41)51-35-49-50-36-52-62(71(58-34-32-40-16-2-4-18-42(40)66(52)58)60-28-14-24-48-46-22-8-12-30-64(46)73-68(48)60)38-56(50)69(53-25-9-5-19-43(53)44-20-6-10-26-54(44)69)55(49)37-61(51)70(57)59-27-13-23-47-45-21-7-11-29-63(45)72-67(47)59/h1-38H. The quantitative estimate of drug-likeness (QED) is 0.163. The highest BCUT2D eigenvalue weighted by atomic mass is 32.1. The van der Waals surface area contributed by atoms with Crippen molar-refractivity contribution in [1.29, 1.82) is 0 Å². The van der Waals surface area contributed by atoms with E-state index in [2.05, 4.69) is 240 Å². The highest BCUT2D eigenvalue weighted by molar-refractivity contribution is 7.26. The van der Waals surface area contributed by atoms with E-state index < -0.39 is 5.41 Å². The number of hydrogen-bond acceptors (Lipinski definition) is 2. The van der Waals surface area contributed by atoms with Crippen LogP contribution < -0.4 is 0 Å². The first-order valence-electron chi connectivity index (χ1n) is 25.2. The first-order chi connectivity index (χ1) is 36.2. The fraction of sp³-hybridized carbons (Fsp3) is 0.0145. The molecule has 0 radical (unpaired) electrons. The van der Waals surface area contributed by atoms with Crippen LogP contribution in [-0.4, -0.2) is 9.13 Å². The van der Waals surface area contributed by atoms with Crippen molar-refractivity contribution in [3.8, 4) is 33.6 Å². The molecule has 0 unspecified atom stereocenters. The summed E-state index contributed by atoms with van der Waals surface area (Å²) in [5, 5.41) is 15.4. The Morgan fingerprint density at radius 3 is 1.18 bits per heavy atom. The van der Waals surface area contributed by atoms with Gasteiger partial charge in [-0.2, -0.15) is 0 Å². The van der Waals surface area contributed by atoms with Crippen molar-refractivity contribution in [2.24, 2.45) is 0 Å². The van der Waals surface area contributed by atoms with Crippen molar-refractivity contribution in [3.05, 3.63) is 253 Å². The molecule has 2 aliphatic carbocycles. The van der Waals surface area contributed by atoms with Crippen molar-refractivity contribution in [3.63, 3.8) is 0 Å². The van der Waals surface area contributed by atoms with Crippen LogP contribution in [0.1, 0.15) is 22.3 Å². The molecule has 4 heterocycles. The maximum absolute atomic E-state index is 2.62. The number of nitrogens with zero attached hydrogens (tertiary/aromatic N) is 2. The summed E-state index contributed by atoms with van der Waals surface area (Å²) in [7, 11) is 0. The number of benzene rings is 12. The molecule has 12 aromatic carbocycles. The summed E-state index contributed by atoms with van der Waals surface area (Å²) in [6.45, 7) is 0. The van der Waals surface area contributed by atoms with Crippen LogP contribution in [0.3, 0.4) is 0 Å². The van der Waals surface area contributed by atoms with Gasteiger partial charge in [-0.3, -0.25) is 0 Å². The molecule has 0 saturated carbocycles. The van der Waals surface area contributed by atoms with Crippen LogP contribution in [0.5, 0.6) is 0 Å². The summed E-state index contributed by atoms with van der Waals surface area (Å²) in [6, 6.07) is 87.9. The van der Waals surface area contributed by atoms with E-state index in [-0.39, 0.29) is 0 Å². The third-order valence-electron chi connectivity index (χ3n) is 16.9. The van der Waals surface area contributed by atoms with Gasteiger partial charge in [0.05, 0.1) is 48.3 Å². The van der Waals surface area contributed by atoms with Crippen molar-refractivity contribution >= 4 is 128 Å². The Hall–Kier alpha value is -8.80. The van der Waals surface area contributed by atoms with Gasteiger partial charge in [-0.15, -0.1) is 22.7 Å². The SMILES string of the molecule is c1ccc2c(c1)-c1ccccc1C21c2cc3c(cc2-c2cc4c5c6ccccc6ccc5n(-c5cccc6c5sc5ccccc56)c4cc21)c1c2ccccc2ccc1n3-c1cccc2c1sc1ccccc12. The van der Waals surface area contributed by atoms with E-state index in [0.29, 0.717) is 0 Å². The van der Waals surface area contributed by atoms with Crippen molar-refractivity contribution in [2.75, 3.05) is 0 Å². The number of rotatable bonds is 2.